The molecule has 3 rings (SSSR count). The Morgan fingerprint density at radius 2 is 1.81 bits per heavy atom. The van der Waals surface area contributed by atoms with Gasteiger partial charge in [-0.2, -0.15) is 0 Å². The van der Waals surface area contributed by atoms with Gasteiger partial charge in [-0.15, -0.1) is 0 Å². The van der Waals surface area contributed by atoms with E-state index in [1.54, 1.807) is 7.11 Å². The lowest BCUT2D eigenvalue weighted by Gasteiger charge is -2.12. The maximum atomic E-state index is 5.73. The second-order valence-electron chi connectivity index (χ2n) is 6.03. The molecule has 3 aromatic rings. The van der Waals surface area contributed by atoms with Crippen LogP contribution in [0, 0.1) is 0 Å². The molecule has 142 valence electrons. The number of para-hydroxylation sites is 1. The third kappa shape index (κ3) is 5.41. The standard InChI is InChI=1S/C21H26N4O2/c1-3-22-21(23-12-13-27-19-10-8-18(26-2)9-11-19)24-15-17-14-16-6-4-5-7-20(16)25-17/h4-11,14,25H,3,12-13,15H2,1-2H3,(H2,22,23,24). The second-order valence-corrected chi connectivity index (χ2v) is 6.03. The molecule has 0 saturated carbocycles. The van der Waals surface area contributed by atoms with Crippen LogP contribution in [0.4, 0.5) is 0 Å². The average molecular weight is 366 g/mol. The fourth-order valence-electron chi connectivity index (χ4n) is 2.73. The Labute approximate surface area is 159 Å². The number of rotatable bonds is 8. The summed E-state index contributed by atoms with van der Waals surface area (Å²) in [6.07, 6.45) is 0. The van der Waals surface area contributed by atoms with Crippen molar-refractivity contribution >= 4 is 16.9 Å². The minimum Gasteiger partial charge on any atom is -0.497 e. The Hall–Kier alpha value is -3.15. The van der Waals surface area contributed by atoms with Gasteiger partial charge in [-0.3, -0.25) is 0 Å². The van der Waals surface area contributed by atoms with Gasteiger partial charge in [0.15, 0.2) is 5.96 Å². The molecular formula is C21H26N4O2. The van der Waals surface area contributed by atoms with E-state index in [-0.39, 0.29) is 0 Å². The Balaban J connectivity index is 1.49. The summed E-state index contributed by atoms with van der Waals surface area (Å²) in [5, 5.41) is 7.75. The van der Waals surface area contributed by atoms with E-state index in [0.29, 0.717) is 19.7 Å². The van der Waals surface area contributed by atoms with Gasteiger partial charge in [-0.05, 0) is 48.7 Å². The highest BCUT2D eigenvalue weighted by atomic mass is 16.5. The molecule has 0 fully saturated rings. The monoisotopic (exact) mass is 366 g/mol. The number of guanidine groups is 1. The first kappa shape index (κ1) is 18.6. The van der Waals surface area contributed by atoms with Gasteiger partial charge in [0.1, 0.15) is 18.1 Å². The zero-order valence-electron chi connectivity index (χ0n) is 15.8. The predicted molar refractivity (Wildman–Crippen MR) is 110 cm³/mol. The molecule has 0 saturated heterocycles. The van der Waals surface area contributed by atoms with Gasteiger partial charge >= 0.3 is 0 Å². The molecule has 27 heavy (non-hydrogen) atoms. The molecule has 1 heterocycles. The van der Waals surface area contributed by atoms with Crippen LogP contribution in [-0.2, 0) is 6.54 Å². The Morgan fingerprint density at radius 3 is 2.56 bits per heavy atom. The molecule has 0 aliphatic carbocycles. The summed E-state index contributed by atoms with van der Waals surface area (Å²) in [6, 6.07) is 17.9. The average Bonchev–Trinajstić information content (AvgIpc) is 3.12. The molecular weight excluding hydrogens is 340 g/mol. The van der Waals surface area contributed by atoms with Crippen LogP contribution in [-0.4, -0.2) is 37.7 Å². The normalized spacial score (nSPS) is 11.4. The fraction of sp³-hybridized carbons (Fsp3) is 0.286. The van der Waals surface area contributed by atoms with Gasteiger partial charge in [-0.1, -0.05) is 18.2 Å². The van der Waals surface area contributed by atoms with Gasteiger partial charge in [0.2, 0.25) is 0 Å². The van der Waals surface area contributed by atoms with E-state index in [1.165, 1.54) is 5.39 Å². The third-order valence-electron chi connectivity index (χ3n) is 4.06. The highest BCUT2D eigenvalue weighted by molar-refractivity contribution is 5.81. The van der Waals surface area contributed by atoms with Crippen LogP contribution in [0.15, 0.2) is 59.6 Å². The van der Waals surface area contributed by atoms with Crippen LogP contribution in [0.1, 0.15) is 12.6 Å². The lowest BCUT2D eigenvalue weighted by atomic mass is 10.2. The molecule has 6 heteroatoms. The van der Waals surface area contributed by atoms with Gasteiger partial charge in [0, 0.05) is 17.8 Å². The van der Waals surface area contributed by atoms with E-state index in [2.05, 4.69) is 38.8 Å². The number of hydrogen-bond acceptors (Lipinski definition) is 3. The summed E-state index contributed by atoms with van der Waals surface area (Å²) in [5.74, 6) is 2.41. The van der Waals surface area contributed by atoms with E-state index < -0.39 is 0 Å². The summed E-state index contributed by atoms with van der Waals surface area (Å²) in [6.45, 7) is 4.64. The number of hydrogen-bond donors (Lipinski definition) is 3. The molecule has 6 nitrogen and oxygen atoms in total. The highest BCUT2D eigenvalue weighted by Crippen LogP contribution is 2.17. The molecule has 2 aromatic carbocycles. The van der Waals surface area contributed by atoms with Crippen molar-refractivity contribution in [3.63, 3.8) is 0 Å². The van der Waals surface area contributed by atoms with Crippen molar-refractivity contribution in [2.75, 3.05) is 26.8 Å². The smallest absolute Gasteiger partial charge is 0.191 e. The number of nitrogens with one attached hydrogen (secondary N) is 3. The van der Waals surface area contributed by atoms with Crippen LogP contribution >= 0.6 is 0 Å². The number of nitrogens with zero attached hydrogens (tertiary/aromatic N) is 1. The molecule has 0 spiro atoms. The van der Waals surface area contributed by atoms with Crippen molar-refractivity contribution in [2.45, 2.75) is 13.5 Å². The Bertz CT molecular complexity index is 838. The summed E-state index contributed by atoms with van der Waals surface area (Å²) < 4.78 is 10.9. The summed E-state index contributed by atoms with van der Waals surface area (Å²) >= 11 is 0. The molecule has 0 aliphatic rings. The van der Waals surface area contributed by atoms with Crippen molar-refractivity contribution in [1.82, 2.24) is 15.6 Å². The van der Waals surface area contributed by atoms with E-state index in [0.717, 1.165) is 35.2 Å². The molecule has 1 aromatic heterocycles. The van der Waals surface area contributed by atoms with E-state index in [9.17, 15) is 0 Å². The van der Waals surface area contributed by atoms with Crippen molar-refractivity contribution < 1.29 is 9.47 Å². The van der Waals surface area contributed by atoms with Crippen molar-refractivity contribution in [3.05, 3.63) is 60.3 Å². The van der Waals surface area contributed by atoms with E-state index in [4.69, 9.17) is 9.47 Å². The van der Waals surface area contributed by atoms with Gasteiger partial charge in [0.25, 0.3) is 0 Å². The maximum absolute atomic E-state index is 5.73. The van der Waals surface area contributed by atoms with Gasteiger partial charge in [-0.25, -0.2) is 4.99 Å². The topological polar surface area (TPSA) is 70.7 Å². The first-order chi connectivity index (χ1) is 13.3. The van der Waals surface area contributed by atoms with E-state index in [1.807, 2.05) is 43.3 Å². The lowest BCUT2D eigenvalue weighted by Crippen LogP contribution is -2.39. The quantitative estimate of drug-likeness (QED) is 0.325. The fourth-order valence-corrected chi connectivity index (χ4v) is 2.73. The molecule has 0 atom stereocenters. The third-order valence-corrected chi connectivity index (χ3v) is 4.06. The number of ether oxygens (including phenoxy) is 2. The number of aromatic nitrogens is 1. The number of fused-ring (bicyclic) bond motifs is 1. The second kappa shape index (κ2) is 9.52. The number of methoxy groups -OCH3 is 1. The minimum atomic E-state index is 0.545. The van der Waals surface area contributed by atoms with Crippen molar-refractivity contribution in [1.29, 1.82) is 0 Å². The lowest BCUT2D eigenvalue weighted by molar-refractivity contribution is 0.321. The highest BCUT2D eigenvalue weighted by Gasteiger charge is 2.01. The molecule has 0 amide bonds. The van der Waals surface area contributed by atoms with Crippen molar-refractivity contribution in [2.24, 2.45) is 4.99 Å². The summed E-state index contributed by atoms with van der Waals surface area (Å²) in [4.78, 5) is 8.03. The predicted octanol–water partition coefficient (Wildman–Crippen LogP) is 3.31. The minimum absolute atomic E-state index is 0.545. The first-order valence-corrected chi connectivity index (χ1v) is 9.14. The van der Waals surface area contributed by atoms with Crippen LogP contribution in [0.2, 0.25) is 0 Å². The molecule has 3 N–H and O–H groups in total. The maximum Gasteiger partial charge on any atom is 0.191 e. The number of aromatic amines is 1. The van der Waals surface area contributed by atoms with Gasteiger partial charge in [0.05, 0.1) is 20.2 Å². The summed E-state index contributed by atoms with van der Waals surface area (Å²) in [5.41, 5.74) is 2.22. The Morgan fingerprint density at radius 1 is 1.04 bits per heavy atom. The van der Waals surface area contributed by atoms with Crippen molar-refractivity contribution in [3.8, 4) is 11.5 Å². The number of aliphatic imine (C=N–C) groups is 1. The van der Waals surface area contributed by atoms with Crippen LogP contribution in [0.5, 0.6) is 11.5 Å². The number of H-pyrrole nitrogens is 1. The van der Waals surface area contributed by atoms with Gasteiger partial charge < -0.3 is 25.1 Å². The Kier molecular flexibility index (Phi) is 6.57. The number of benzene rings is 2. The van der Waals surface area contributed by atoms with E-state index >= 15 is 0 Å². The van der Waals surface area contributed by atoms with Crippen LogP contribution in [0.25, 0.3) is 10.9 Å². The molecule has 0 unspecified atom stereocenters. The SMILES string of the molecule is CCNC(=NCc1cc2ccccc2[nH]1)NCCOc1ccc(OC)cc1. The first-order valence-electron chi connectivity index (χ1n) is 9.14. The van der Waals surface area contributed by atoms with Crippen LogP contribution < -0.4 is 20.1 Å². The molecule has 0 radical (unpaired) electrons. The van der Waals surface area contributed by atoms with Crippen LogP contribution in [0.3, 0.4) is 0 Å². The summed E-state index contributed by atoms with van der Waals surface area (Å²) in [7, 11) is 1.65. The molecule has 0 aliphatic heterocycles. The zero-order chi connectivity index (χ0) is 18.9. The zero-order valence-corrected chi connectivity index (χ0v) is 15.8. The largest absolute Gasteiger partial charge is 0.497 e. The molecule has 0 bridgehead atoms.